The molecular weight excluding hydrogens is 220 g/mol. The predicted molar refractivity (Wildman–Crippen MR) is 64.4 cm³/mol. The van der Waals surface area contributed by atoms with E-state index < -0.39 is 12.0 Å². The van der Waals surface area contributed by atoms with Gasteiger partial charge in [0.15, 0.2) is 0 Å². The molecule has 4 N–H and O–H groups in total. The molecule has 0 aromatic rings. The lowest BCUT2D eigenvalue weighted by atomic mass is 10.1. The molecule has 0 radical (unpaired) electrons. The van der Waals surface area contributed by atoms with Crippen LogP contribution in [0.4, 0.5) is 0 Å². The third-order valence-corrected chi connectivity index (χ3v) is 3.28. The molecule has 1 fully saturated rings. The number of unbranched alkanes of at least 4 members (excludes halogenated alkanes) is 1. The van der Waals surface area contributed by atoms with Gasteiger partial charge in [0.2, 0.25) is 5.91 Å². The Balaban J connectivity index is 2.00. The van der Waals surface area contributed by atoms with E-state index in [-0.39, 0.29) is 11.8 Å². The lowest BCUT2D eigenvalue weighted by molar-refractivity contribution is -0.138. The van der Waals surface area contributed by atoms with Crippen molar-refractivity contribution in [2.45, 2.75) is 51.0 Å². The molecule has 1 aliphatic rings. The standard InChI is InChI=1S/C12H22N2O3/c13-10(12(16)17)7-3-4-8-14-11(15)9-5-1-2-6-9/h9-10H,1-8,13H2,(H,14,15)(H,16,17). The normalized spacial score (nSPS) is 17.9. The van der Waals surface area contributed by atoms with Crippen molar-refractivity contribution in [1.82, 2.24) is 5.32 Å². The van der Waals surface area contributed by atoms with Crippen molar-refractivity contribution in [2.75, 3.05) is 6.54 Å². The number of hydrogen-bond acceptors (Lipinski definition) is 3. The van der Waals surface area contributed by atoms with Gasteiger partial charge in [0, 0.05) is 12.5 Å². The lowest BCUT2D eigenvalue weighted by Crippen LogP contribution is -2.31. The minimum atomic E-state index is -0.958. The summed E-state index contributed by atoms with van der Waals surface area (Å²) in [7, 11) is 0. The number of nitrogens with two attached hydrogens (primary N) is 1. The Labute approximate surface area is 102 Å². The first-order valence-corrected chi connectivity index (χ1v) is 6.37. The molecule has 1 saturated carbocycles. The number of amides is 1. The second kappa shape index (κ2) is 7.27. The quantitative estimate of drug-likeness (QED) is 0.578. The minimum Gasteiger partial charge on any atom is -0.480 e. The van der Waals surface area contributed by atoms with Crippen LogP contribution in [0.3, 0.4) is 0 Å². The topological polar surface area (TPSA) is 92.4 Å². The van der Waals surface area contributed by atoms with Crippen molar-refractivity contribution in [1.29, 1.82) is 0 Å². The summed E-state index contributed by atoms with van der Waals surface area (Å²) in [4.78, 5) is 22.1. The smallest absolute Gasteiger partial charge is 0.320 e. The number of carboxylic acids is 1. The largest absolute Gasteiger partial charge is 0.480 e. The van der Waals surface area contributed by atoms with Crippen LogP contribution in [0.25, 0.3) is 0 Å². The highest BCUT2D eigenvalue weighted by atomic mass is 16.4. The van der Waals surface area contributed by atoms with E-state index in [0.717, 1.165) is 38.5 Å². The zero-order chi connectivity index (χ0) is 12.7. The molecule has 5 heteroatoms. The maximum Gasteiger partial charge on any atom is 0.320 e. The highest BCUT2D eigenvalue weighted by molar-refractivity contribution is 5.78. The summed E-state index contributed by atoms with van der Waals surface area (Å²) in [6.45, 7) is 0.627. The summed E-state index contributed by atoms with van der Waals surface area (Å²) in [5, 5.41) is 11.5. The van der Waals surface area contributed by atoms with Crippen LogP contribution in [0.5, 0.6) is 0 Å². The van der Waals surface area contributed by atoms with Gasteiger partial charge in [0.1, 0.15) is 6.04 Å². The van der Waals surface area contributed by atoms with Gasteiger partial charge in [-0.15, -0.1) is 0 Å². The molecule has 0 saturated heterocycles. The molecule has 0 aromatic carbocycles. The lowest BCUT2D eigenvalue weighted by Gasteiger charge is -2.10. The van der Waals surface area contributed by atoms with E-state index in [4.69, 9.17) is 10.8 Å². The number of carbonyl (C=O) groups excluding carboxylic acids is 1. The Morgan fingerprint density at radius 3 is 2.53 bits per heavy atom. The molecule has 98 valence electrons. The molecule has 5 nitrogen and oxygen atoms in total. The Hall–Kier alpha value is -1.10. The number of carboxylic acid groups (broad SMARTS) is 1. The molecule has 1 atom stereocenters. The zero-order valence-electron chi connectivity index (χ0n) is 10.2. The number of aliphatic carboxylic acids is 1. The third-order valence-electron chi connectivity index (χ3n) is 3.28. The van der Waals surface area contributed by atoms with Gasteiger partial charge in [-0.1, -0.05) is 12.8 Å². The second-order valence-corrected chi connectivity index (χ2v) is 4.71. The van der Waals surface area contributed by atoms with Gasteiger partial charge >= 0.3 is 5.97 Å². The summed E-state index contributed by atoms with van der Waals surface area (Å²) in [6.07, 6.45) is 6.33. The summed E-state index contributed by atoms with van der Waals surface area (Å²) in [6, 6.07) is -0.777. The van der Waals surface area contributed by atoms with Crippen LogP contribution in [0.1, 0.15) is 44.9 Å². The molecule has 0 aliphatic heterocycles. The Bertz CT molecular complexity index is 262. The molecule has 0 bridgehead atoms. The van der Waals surface area contributed by atoms with Crippen LogP contribution >= 0.6 is 0 Å². The Morgan fingerprint density at radius 2 is 1.94 bits per heavy atom. The van der Waals surface area contributed by atoms with Crippen LogP contribution in [0.2, 0.25) is 0 Å². The Kier molecular flexibility index (Phi) is 5.97. The van der Waals surface area contributed by atoms with Crippen molar-refractivity contribution in [3.63, 3.8) is 0 Å². The fourth-order valence-corrected chi connectivity index (χ4v) is 2.16. The second-order valence-electron chi connectivity index (χ2n) is 4.71. The molecule has 1 amide bonds. The van der Waals surface area contributed by atoms with Gasteiger partial charge in [-0.3, -0.25) is 9.59 Å². The van der Waals surface area contributed by atoms with E-state index in [1.807, 2.05) is 0 Å². The van der Waals surface area contributed by atoms with Crippen molar-refractivity contribution in [2.24, 2.45) is 11.7 Å². The van der Waals surface area contributed by atoms with Crippen LogP contribution in [0.15, 0.2) is 0 Å². The van der Waals surface area contributed by atoms with Crippen molar-refractivity contribution in [3.8, 4) is 0 Å². The van der Waals surface area contributed by atoms with E-state index in [9.17, 15) is 9.59 Å². The molecule has 1 aliphatic carbocycles. The summed E-state index contributed by atoms with van der Waals surface area (Å²) in [5.74, 6) is -0.596. The molecule has 17 heavy (non-hydrogen) atoms. The van der Waals surface area contributed by atoms with Crippen molar-refractivity contribution in [3.05, 3.63) is 0 Å². The molecular formula is C12H22N2O3. The maximum absolute atomic E-state index is 11.6. The maximum atomic E-state index is 11.6. The Morgan fingerprint density at radius 1 is 1.29 bits per heavy atom. The molecule has 1 unspecified atom stereocenters. The average Bonchev–Trinajstić information content (AvgIpc) is 2.81. The summed E-state index contributed by atoms with van der Waals surface area (Å²) < 4.78 is 0. The highest BCUT2D eigenvalue weighted by Crippen LogP contribution is 2.24. The minimum absolute atomic E-state index is 0.157. The van der Waals surface area contributed by atoms with Gasteiger partial charge in [-0.05, 0) is 32.1 Å². The fourth-order valence-electron chi connectivity index (χ4n) is 2.16. The summed E-state index contributed by atoms with van der Waals surface area (Å²) >= 11 is 0. The van der Waals surface area contributed by atoms with E-state index >= 15 is 0 Å². The number of rotatable bonds is 7. The zero-order valence-corrected chi connectivity index (χ0v) is 10.2. The average molecular weight is 242 g/mol. The first kappa shape index (κ1) is 14.0. The SMILES string of the molecule is NC(CCCCNC(=O)C1CCCC1)C(=O)O. The monoisotopic (exact) mass is 242 g/mol. The summed E-state index contributed by atoms with van der Waals surface area (Å²) in [5.41, 5.74) is 5.37. The van der Waals surface area contributed by atoms with Gasteiger partial charge in [-0.25, -0.2) is 0 Å². The van der Waals surface area contributed by atoms with Crippen molar-refractivity contribution < 1.29 is 14.7 Å². The fraction of sp³-hybridized carbons (Fsp3) is 0.833. The van der Waals surface area contributed by atoms with Crippen LogP contribution in [-0.2, 0) is 9.59 Å². The van der Waals surface area contributed by atoms with Gasteiger partial charge < -0.3 is 16.2 Å². The number of carbonyl (C=O) groups is 2. The van der Waals surface area contributed by atoms with E-state index in [0.29, 0.717) is 13.0 Å². The number of nitrogens with one attached hydrogen (secondary N) is 1. The molecule has 0 aromatic heterocycles. The molecule has 0 heterocycles. The molecule has 0 spiro atoms. The van der Waals surface area contributed by atoms with Gasteiger partial charge in [0.25, 0.3) is 0 Å². The van der Waals surface area contributed by atoms with Crippen LogP contribution in [-0.4, -0.2) is 29.6 Å². The van der Waals surface area contributed by atoms with Gasteiger partial charge in [0.05, 0.1) is 0 Å². The van der Waals surface area contributed by atoms with Crippen LogP contribution < -0.4 is 11.1 Å². The van der Waals surface area contributed by atoms with E-state index in [1.54, 1.807) is 0 Å². The van der Waals surface area contributed by atoms with Gasteiger partial charge in [-0.2, -0.15) is 0 Å². The first-order valence-electron chi connectivity index (χ1n) is 6.37. The third kappa shape index (κ3) is 5.17. The first-order chi connectivity index (χ1) is 8.11. The predicted octanol–water partition coefficient (Wildman–Crippen LogP) is 0.875. The number of hydrogen-bond donors (Lipinski definition) is 3. The van der Waals surface area contributed by atoms with Crippen LogP contribution in [0, 0.1) is 5.92 Å². The highest BCUT2D eigenvalue weighted by Gasteiger charge is 2.21. The van der Waals surface area contributed by atoms with E-state index in [2.05, 4.69) is 5.32 Å². The molecule has 1 rings (SSSR count). The van der Waals surface area contributed by atoms with E-state index in [1.165, 1.54) is 0 Å². The van der Waals surface area contributed by atoms with Crippen molar-refractivity contribution >= 4 is 11.9 Å².